The van der Waals surface area contributed by atoms with E-state index in [-0.39, 0.29) is 12.7 Å². The summed E-state index contributed by atoms with van der Waals surface area (Å²) >= 11 is 0. The number of aryl methyl sites for hydroxylation is 1. The second-order valence-electron chi connectivity index (χ2n) is 6.55. The second-order valence-corrected chi connectivity index (χ2v) is 6.55. The van der Waals surface area contributed by atoms with Crippen LogP contribution < -0.4 is 14.8 Å². The number of rotatable bonds is 3. The maximum absolute atomic E-state index is 12.6. The van der Waals surface area contributed by atoms with E-state index < -0.39 is 0 Å². The summed E-state index contributed by atoms with van der Waals surface area (Å²) < 4.78 is 12.8. The fourth-order valence-electron chi connectivity index (χ4n) is 3.41. The lowest BCUT2D eigenvalue weighted by Gasteiger charge is -2.08. The quantitative estimate of drug-likeness (QED) is 0.586. The van der Waals surface area contributed by atoms with Gasteiger partial charge >= 0.3 is 0 Å². The lowest BCUT2D eigenvalue weighted by Crippen LogP contribution is -2.12. The Morgan fingerprint density at radius 1 is 1.00 bits per heavy atom. The number of amides is 1. The minimum Gasteiger partial charge on any atom is -0.454 e. The van der Waals surface area contributed by atoms with Crippen molar-refractivity contribution in [3.8, 4) is 22.9 Å². The third-order valence-corrected chi connectivity index (χ3v) is 4.83. The first-order valence-electron chi connectivity index (χ1n) is 8.92. The van der Waals surface area contributed by atoms with Crippen LogP contribution in [0.1, 0.15) is 10.4 Å². The van der Waals surface area contributed by atoms with Crippen molar-refractivity contribution in [3.63, 3.8) is 0 Å². The van der Waals surface area contributed by atoms with Crippen LogP contribution in [0.2, 0.25) is 0 Å². The third kappa shape index (κ3) is 2.66. The smallest absolute Gasteiger partial charge is 0.259 e. The molecule has 0 bridgehead atoms. The lowest BCUT2D eigenvalue weighted by atomic mass is 10.1. The summed E-state index contributed by atoms with van der Waals surface area (Å²) in [7, 11) is 2.00. The zero-order valence-electron chi connectivity index (χ0n) is 15.2. The number of carbonyl (C=O) groups is 1. The molecule has 6 nitrogen and oxygen atoms in total. The zero-order valence-corrected chi connectivity index (χ0v) is 15.2. The molecule has 0 spiro atoms. The molecule has 4 aromatic rings. The van der Waals surface area contributed by atoms with Gasteiger partial charge in [0.15, 0.2) is 11.5 Å². The zero-order chi connectivity index (χ0) is 19.1. The molecule has 1 amide bonds. The molecule has 0 radical (unpaired) electrons. The number of hydrogen-bond donors (Lipinski definition) is 1. The number of carbonyl (C=O) groups excluding carboxylic acids is 1. The average Bonchev–Trinajstić information content (AvgIpc) is 3.33. The molecule has 2 heterocycles. The number of aromatic nitrogens is 2. The highest BCUT2D eigenvalue weighted by Crippen LogP contribution is 2.35. The molecule has 0 fully saturated rings. The third-order valence-electron chi connectivity index (χ3n) is 4.83. The second kappa shape index (κ2) is 6.42. The Hall–Kier alpha value is -3.80. The summed E-state index contributed by atoms with van der Waals surface area (Å²) in [5.41, 5.74) is 4.17. The molecule has 3 aromatic carbocycles. The van der Waals surface area contributed by atoms with E-state index in [0.29, 0.717) is 22.7 Å². The van der Waals surface area contributed by atoms with Gasteiger partial charge in [-0.05, 0) is 48.5 Å². The van der Waals surface area contributed by atoms with Crippen LogP contribution in [-0.2, 0) is 7.05 Å². The summed E-state index contributed by atoms with van der Waals surface area (Å²) in [5, 5.41) is 2.91. The first-order chi connectivity index (χ1) is 13.7. The molecule has 138 valence electrons. The average molecular weight is 371 g/mol. The van der Waals surface area contributed by atoms with Crippen molar-refractivity contribution in [2.24, 2.45) is 7.05 Å². The molecule has 1 aromatic heterocycles. The first kappa shape index (κ1) is 16.4. The number of para-hydroxylation sites is 3. The van der Waals surface area contributed by atoms with E-state index in [9.17, 15) is 4.79 Å². The van der Waals surface area contributed by atoms with Crippen LogP contribution in [0.25, 0.3) is 22.4 Å². The highest BCUT2D eigenvalue weighted by molar-refractivity contribution is 6.06. The highest BCUT2D eigenvalue weighted by atomic mass is 16.7. The fraction of sp³-hybridized carbons (Fsp3) is 0.0909. The number of imidazole rings is 1. The van der Waals surface area contributed by atoms with Crippen LogP contribution >= 0.6 is 0 Å². The summed E-state index contributed by atoms with van der Waals surface area (Å²) in [5.74, 6) is 1.71. The standard InChI is InChI=1S/C22H17N3O3/c1-25-18-7-3-2-6-17(18)24-21(25)14-9-11-15(12-10-14)23-22(26)16-5-4-8-19-20(16)28-13-27-19/h2-12H,13H2,1H3,(H,23,26). The van der Waals surface area contributed by atoms with Crippen LogP contribution in [0.3, 0.4) is 0 Å². The molecule has 28 heavy (non-hydrogen) atoms. The van der Waals surface area contributed by atoms with Crippen LogP contribution in [0.5, 0.6) is 11.5 Å². The monoisotopic (exact) mass is 371 g/mol. The Bertz CT molecular complexity index is 1200. The van der Waals surface area contributed by atoms with E-state index in [0.717, 1.165) is 22.4 Å². The van der Waals surface area contributed by atoms with Crippen molar-refractivity contribution in [2.75, 3.05) is 12.1 Å². The minimum atomic E-state index is -0.238. The van der Waals surface area contributed by atoms with Gasteiger partial charge in [-0.15, -0.1) is 0 Å². The normalized spacial score (nSPS) is 12.3. The molecular weight excluding hydrogens is 354 g/mol. The number of benzene rings is 3. The van der Waals surface area contributed by atoms with E-state index in [2.05, 4.69) is 9.88 Å². The number of ether oxygens (including phenoxy) is 2. The van der Waals surface area contributed by atoms with Gasteiger partial charge in [-0.25, -0.2) is 4.98 Å². The molecular formula is C22H17N3O3. The van der Waals surface area contributed by atoms with Gasteiger partial charge in [0, 0.05) is 18.3 Å². The first-order valence-corrected chi connectivity index (χ1v) is 8.92. The van der Waals surface area contributed by atoms with Crippen molar-refractivity contribution in [3.05, 3.63) is 72.3 Å². The summed E-state index contributed by atoms with van der Waals surface area (Å²) in [6.07, 6.45) is 0. The topological polar surface area (TPSA) is 65.4 Å². The molecule has 0 aliphatic carbocycles. The molecule has 0 saturated heterocycles. The molecule has 1 aliphatic heterocycles. The molecule has 0 unspecified atom stereocenters. The predicted octanol–water partition coefficient (Wildman–Crippen LogP) is 4.22. The van der Waals surface area contributed by atoms with Crippen LogP contribution in [-0.4, -0.2) is 22.3 Å². The Labute approximate surface area is 161 Å². The van der Waals surface area contributed by atoms with Gasteiger partial charge in [-0.1, -0.05) is 18.2 Å². The fourth-order valence-corrected chi connectivity index (χ4v) is 3.41. The molecule has 1 aliphatic rings. The Morgan fingerprint density at radius 3 is 2.64 bits per heavy atom. The van der Waals surface area contributed by atoms with E-state index >= 15 is 0 Å². The minimum absolute atomic E-state index is 0.131. The number of hydrogen-bond acceptors (Lipinski definition) is 4. The van der Waals surface area contributed by atoms with Gasteiger partial charge in [-0.2, -0.15) is 0 Å². The number of anilines is 1. The SMILES string of the molecule is Cn1c(-c2ccc(NC(=O)c3cccc4c3OCO4)cc2)nc2ccccc21. The number of nitrogens with one attached hydrogen (secondary N) is 1. The Kier molecular flexibility index (Phi) is 3.76. The summed E-state index contributed by atoms with van der Waals surface area (Å²) in [6, 6.07) is 20.9. The van der Waals surface area contributed by atoms with E-state index in [1.807, 2.05) is 55.6 Å². The van der Waals surface area contributed by atoms with Crippen LogP contribution in [0, 0.1) is 0 Å². The van der Waals surface area contributed by atoms with Crippen molar-refractivity contribution in [1.29, 1.82) is 0 Å². The van der Waals surface area contributed by atoms with Crippen LogP contribution in [0.15, 0.2) is 66.7 Å². The Morgan fingerprint density at radius 2 is 1.82 bits per heavy atom. The van der Waals surface area contributed by atoms with E-state index in [1.165, 1.54) is 0 Å². The number of nitrogens with zero attached hydrogens (tertiary/aromatic N) is 2. The lowest BCUT2D eigenvalue weighted by molar-refractivity contribution is 0.102. The van der Waals surface area contributed by atoms with E-state index in [4.69, 9.17) is 14.5 Å². The van der Waals surface area contributed by atoms with Crippen molar-refractivity contribution in [2.45, 2.75) is 0 Å². The van der Waals surface area contributed by atoms with Gasteiger partial charge in [0.05, 0.1) is 16.6 Å². The van der Waals surface area contributed by atoms with Crippen molar-refractivity contribution >= 4 is 22.6 Å². The van der Waals surface area contributed by atoms with Crippen LogP contribution in [0.4, 0.5) is 5.69 Å². The van der Waals surface area contributed by atoms with Crippen molar-refractivity contribution in [1.82, 2.24) is 9.55 Å². The molecule has 6 heteroatoms. The van der Waals surface area contributed by atoms with Gasteiger partial charge in [0.25, 0.3) is 5.91 Å². The molecule has 0 saturated carbocycles. The largest absolute Gasteiger partial charge is 0.454 e. The summed E-state index contributed by atoms with van der Waals surface area (Å²) in [6.45, 7) is 0.131. The Balaban J connectivity index is 1.40. The van der Waals surface area contributed by atoms with Gasteiger partial charge in [0.2, 0.25) is 6.79 Å². The number of fused-ring (bicyclic) bond motifs is 2. The predicted molar refractivity (Wildman–Crippen MR) is 107 cm³/mol. The maximum Gasteiger partial charge on any atom is 0.259 e. The molecule has 0 atom stereocenters. The van der Waals surface area contributed by atoms with E-state index in [1.54, 1.807) is 18.2 Å². The maximum atomic E-state index is 12.6. The highest BCUT2D eigenvalue weighted by Gasteiger charge is 2.21. The molecule has 1 N–H and O–H groups in total. The van der Waals surface area contributed by atoms with Gasteiger partial charge in [-0.3, -0.25) is 4.79 Å². The van der Waals surface area contributed by atoms with Gasteiger partial charge < -0.3 is 19.4 Å². The summed E-state index contributed by atoms with van der Waals surface area (Å²) in [4.78, 5) is 17.3. The van der Waals surface area contributed by atoms with Gasteiger partial charge in [0.1, 0.15) is 5.82 Å². The molecule has 5 rings (SSSR count). The van der Waals surface area contributed by atoms with Crippen molar-refractivity contribution < 1.29 is 14.3 Å².